The lowest BCUT2D eigenvalue weighted by Crippen LogP contribution is -1.90. The maximum absolute atomic E-state index is 13.3. The van der Waals surface area contributed by atoms with Gasteiger partial charge in [0.2, 0.25) is 0 Å². The summed E-state index contributed by atoms with van der Waals surface area (Å²) in [6.45, 7) is 31.1. The maximum atomic E-state index is 13.3. The molecule has 1 nitrogen and oxygen atoms in total. The van der Waals surface area contributed by atoms with Crippen molar-refractivity contribution in [3.63, 3.8) is 0 Å². The second kappa shape index (κ2) is 32.7. The van der Waals surface area contributed by atoms with E-state index < -0.39 is 0 Å². The zero-order valence-corrected chi connectivity index (χ0v) is 52.4. The van der Waals surface area contributed by atoms with E-state index in [0.717, 1.165) is 28.9 Å². The number of hydrogen-bond donors (Lipinski definition) is 0. The minimum atomic E-state index is -0.173. The van der Waals surface area contributed by atoms with Crippen molar-refractivity contribution in [3.05, 3.63) is 286 Å². The maximum Gasteiger partial charge on any atom is 0.124 e. The first kappa shape index (κ1) is 64.4. The fourth-order valence-electron chi connectivity index (χ4n) is 9.69. The van der Waals surface area contributed by atoms with Gasteiger partial charge >= 0.3 is 0 Å². The lowest BCUT2D eigenvalue weighted by molar-refractivity contribution is 0.340. The number of halogens is 1. The Kier molecular flexibility index (Phi) is 25.4. The Morgan fingerprint density at radius 2 is 0.687 bits per heavy atom. The molecule has 0 saturated heterocycles. The van der Waals surface area contributed by atoms with Crippen molar-refractivity contribution in [2.24, 2.45) is 0 Å². The van der Waals surface area contributed by atoms with Crippen LogP contribution in [0.3, 0.4) is 0 Å². The third-order valence-electron chi connectivity index (χ3n) is 15.1. The van der Waals surface area contributed by atoms with Crippen LogP contribution < -0.4 is 4.74 Å². The largest absolute Gasteiger partial charge is 0.494 e. The molecule has 430 valence electrons. The Hall–Kier alpha value is -7.81. The average Bonchev–Trinajstić information content (AvgIpc) is 4.15. The Morgan fingerprint density at radius 3 is 1.00 bits per heavy atom. The fraction of sp³-hybridized carbons (Fsp3) is 0.284. The lowest BCUT2D eigenvalue weighted by atomic mass is 9.98. The average molecular weight is 1100 g/mol. The topological polar surface area (TPSA) is 9.23 Å². The van der Waals surface area contributed by atoms with Gasteiger partial charge in [-0.25, -0.2) is 4.39 Å². The van der Waals surface area contributed by atoms with E-state index >= 15 is 0 Å². The van der Waals surface area contributed by atoms with Crippen molar-refractivity contribution in [2.45, 2.75) is 146 Å². The van der Waals surface area contributed by atoms with Crippen molar-refractivity contribution in [1.82, 2.24) is 0 Å². The second-order valence-corrected chi connectivity index (χ2v) is 23.5. The Balaban J connectivity index is 0.000000167. The standard InChI is InChI=1S/C18H22.C17H20O.C16H17F.C16H18.C14H16/c1-4-5-15-6-8-17(9-7-15)18-12-10-16(11-13-18)14(2)3;1-4-18-17-11-9-16(10-12-17)15-7-5-14(6-8-15)13(2)3;1-11(2)13-4-6-14(7-5-13)15-8-12(3)9-16(17)10-15;1-12(2)14-8-10-16(11-9-14)15-6-4-13(3)5-7-15;1-11(2)12-7-9-14(10-8-12)13-5-3-4-6-13/h6-14H,4-5H2,1-3H3;5-13H,4H2,1-3H3;4-11H,1-3H3;4-12H,1-3H3;3,5-11H,4H2,1-2H3. The summed E-state index contributed by atoms with van der Waals surface area (Å²) in [5, 5.41) is 0. The van der Waals surface area contributed by atoms with Crippen LogP contribution in [0, 0.1) is 19.7 Å². The first-order valence-corrected chi connectivity index (χ1v) is 30.4. The van der Waals surface area contributed by atoms with Crippen molar-refractivity contribution >= 4 is 5.57 Å². The fourth-order valence-corrected chi connectivity index (χ4v) is 9.69. The molecule has 0 aromatic heterocycles. The van der Waals surface area contributed by atoms with Crippen molar-refractivity contribution in [1.29, 1.82) is 0 Å². The first-order valence-electron chi connectivity index (χ1n) is 30.4. The molecular weight excluding hydrogens is 1010 g/mol. The number of aryl methyl sites for hydroxylation is 3. The van der Waals surface area contributed by atoms with Crippen LogP contribution in [0.1, 0.15) is 176 Å². The number of rotatable bonds is 14. The molecule has 0 unspecified atom stereocenters. The summed E-state index contributed by atoms with van der Waals surface area (Å²) in [6, 6.07) is 74.8. The number of ether oxygens (including phenoxy) is 1. The highest BCUT2D eigenvalue weighted by atomic mass is 19.1. The Morgan fingerprint density at radius 1 is 0.361 bits per heavy atom. The quantitative estimate of drug-likeness (QED) is 0.105. The molecule has 0 radical (unpaired) electrons. The van der Waals surface area contributed by atoms with Gasteiger partial charge in [0.15, 0.2) is 0 Å². The van der Waals surface area contributed by atoms with Crippen LogP contribution in [0.25, 0.3) is 50.1 Å². The van der Waals surface area contributed by atoms with E-state index in [1.54, 1.807) is 12.1 Å². The number of hydrogen-bond acceptors (Lipinski definition) is 1. The zero-order valence-electron chi connectivity index (χ0n) is 52.4. The number of benzene rings is 9. The van der Waals surface area contributed by atoms with E-state index in [1.165, 1.54) is 96.3 Å². The molecular formula is C81H93FO. The van der Waals surface area contributed by atoms with Gasteiger partial charge in [-0.15, -0.1) is 0 Å². The van der Waals surface area contributed by atoms with E-state index in [2.05, 4.69) is 283 Å². The molecule has 2 heteroatoms. The van der Waals surface area contributed by atoms with Gasteiger partial charge in [0, 0.05) is 0 Å². The summed E-state index contributed by atoms with van der Waals surface area (Å²) < 4.78 is 18.8. The Labute approximate surface area is 501 Å². The van der Waals surface area contributed by atoms with Crippen molar-refractivity contribution in [2.75, 3.05) is 6.61 Å². The third kappa shape index (κ3) is 20.5. The molecule has 9 aromatic rings. The highest BCUT2D eigenvalue weighted by molar-refractivity contribution is 5.76. The molecule has 1 aliphatic rings. The molecule has 1 aliphatic carbocycles. The molecule has 0 heterocycles. The van der Waals surface area contributed by atoms with Gasteiger partial charge in [-0.2, -0.15) is 0 Å². The molecule has 0 bridgehead atoms. The first-order chi connectivity index (χ1) is 39.9. The van der Waals surface area contributed by atoms with Crippen LogP contribution in [0.5, 0.6) is 5.75 Å². The third-order valence-corrected chi connectivity index (χ3v) is 15.1. The minimum absolute atomic E-state index is 0.173. The Bertz CT molecular complexity index is 3230. The number of allylic oxidation sites excluding steroid dienone is 4. The van der Waals surface area contributed by atoms with Gasteiger partial charge in [0.25, 0.3) is 0 Å². The molecule has 0 N–H and O–H groups in total. The summed E-state index contributed by atoms with van der Waals surface area (Å²) in [5.74, 6) is 3.70. The smallest absolute Gasteiger partial charge is 0.124 e. The molecule has 9 aromatic carbocycles. The van der Waals surface area contributed by atoms with E-state index in [9.17, 15) is 4.39 Å². The van der Waals surface area contributed by atoms with E-state index in [1.807, 2.05) is 32.0 Å². The summed E-state index contributed by atoms with van der Waals surface area (Å²) in [4.78, 5) is 0. The van der Waals surface area contributed by atoms with Crippen LogP contribution in [-0.2, 0) is 6.42 Å². The van der Waals surface area contributed by atoms with Gasteiger partial charge in [0.1, 0.15) is 11.6 Å². The molecule has 0 spiro atoms. The molecule has 0 fully saturated rings. The normalized spacial score (nSPS) is 11.5. The van der Waals surface area contributed by atoms with Crippen LogP contribution in [0.2, 0.25) is 0 Å². The second-order valence-electron chi connectivity index (χ2n) is 23.5. The van der Waals surface area contributed by atoms with Gasteiger partial charge in [-0.05, 0) is 182 Å². The van der Waals surface area contributed by atoms with Crippen LogP contribution in [0.4, 0.5) is 4.39 Å². The molecule has 83 heavy (non-hydrogen) atoms. The molecule has 10 rings (SSSR count). The zero-order chi connectivity index (χ0) is 59.8. The van der Waals surface area contributed by atoms with Gasteiger partial charge in [0.05, 0.1) is 6.61 Å². The van der Waals surface area contributed by atoms with Crippen molar-refractivity contribution in [3.8, 4) is 50.3 Å². The van der Waals surface area contributed by atoms with Crippen LogP contribution in [-0.4, -0.2) is 6.61 Å². The lowest BCUT2D eigenvalue weighted by Gasteiger charge is -2.08. The highest BCUT2D eigenvalue weighted by Crippen LogP contribution is 2.29. The summed E-state index contributed by atoms with van der Waals surface area (Å²) >= 11 is 0. The van der Waals surface area contributed by atoms with E-state index in [-0.39, 0.29) is 5.82 Å². The predicted octanol–water partition coefficient (Wildman–Crippen LogP) is 24.2. The monoisotopic (exact) mass is 1100 g/mol. The molecule has 0 amide bonds. The highest BCUT2D eigenvalue weighted by Gasteiger charge is 2.07. The summed E-state index contributed by atoms with van der Waals surface area (Å²) in [7, 11) is 0. The van der Waals surface area contributed by atoms with E-state index in [4.69, 9.17) is 4.74 Å². The predicted molar refractivity (Wildman–Crippen MR) is 361 cm³/mol. The van der Waals surface area contributed by atoms with Crippen LogP contribution >= 0.6 is 0 Å². The molecule has 0 saturated carbocycles. The van der Waals surface area contributed by atoms with Gasteiger partial charge < -0.3 is 4.74 Å². The van der Waals surface area contributed by atoms with Crippen molar-refractivity contribution < 1.29 is 9.13 Å². The van der Waals surface area contributed by atoms with E-state index in [0.29, 0.717) is 36.2 Å². The molecule has 0 atom stereocenters. The van der Waals surface area contributed by atoms with Gasteiger partial charge in [-0.3, -0.25) is 0 Å². The summed E-state index contributed by atoms with van der Waals surface area (Å²) in [6.07, 6.45) is 10.1. The minimum Gasteiger partial charge on any atom is -0.494 e. The summed E-state index contributed by atoms with van der Waals surface area (Å²) in [5.41, 5.74) is 23.0. The van der Waals surface area contributed by atoms with Crippen LogP contribution in [0.15, 0.2) is 231 Å². The van der Waals surface area contributed by atoms with Gasteiger partial charge in [-0.1, -0.05) is 294 Å². The SMILES string of the molecule is CC(C)c1ccc(C2=CCC=C2)cc1.CCCc1ccc(-c2ccc(C(C)C)cc2)cc1.CCOc1ccc(-c2ccc(C(C)C)cc2)cc1.Cc1cc(F)cc(-c2ccc(C(C)C)cc2)c1.Cc1ccc(-c2ccc(C(C)C)cc2)cc1. The molecule has 0 aliphatic heterocycles.